The molecule has 0 saturated carbocycles. The van der Waals surface area contributed by atoms with Crippen molar-refractivity contribution in [1.29, 1.82) is 0 Å². The summed E-state index contributed by atoms with van der Waals surface area (Å²) in [6.45, 7) is 5.53. The largest absolute Gasteiger partial charge is 0.382 e. The Labute approximate surface area is 235 Å². The molecule has 2 atom stereocenters. The monoisotopic (exact) mass is 563 g/mol. The molecule has 6 rings (SSSR count). The third-order valence-corrected chi connectivity index (χ3v) is 8.93. The summed E-state index contributed by atoms with van der Waals surface area (Å²) in [6, 6.07) is 10.9. The molecule has 11 heteroatoms. The Kier molecular flexibility index (Phi) is 7.13. The number of ether oxygens (including phenoxy) is 1. The minimum atomic E-state index is -0.232. The zero-order chi connectivity index (χ0) is 27.1. The number of thiocarbonyl (C=S) groups is 1. The second kappa shape index (κ2) is 10.7. The van der Waals surface area contributed by atoms with Crippen molar-refractivity contribution >= 4 is 51.7 Å². The van der Waals surface area contributed by atoms with Crippen molar-refractivity contribution in [3.63, 3.8) is 0 Å². The number of rotatable bonds is 7. The number of amides is 1. The van der Waals surface area contributed by atoms with Crippen molar-refractivity contribution in [3.8, 4) is 0 Å². The fourth-order valence-electron chi connectivity index (χ4n) is 5.82. The highest BCUT2D eigenvalue weighted by Crippen LogP contribution is 2.38. The second-order valence-corrected chi connectivity index (χ2v) is 11.7. The maximum atomic E-state index is 13.8. The Hall–Kier alpha value is -3.28. The molecule has 0 radical (unpaired) electrons. The third-order valence-electron chi connectivity index (χ3n) is 7.55. The standard InChI is InChI=1S/C28H29N5O4S2/c1-2-37-12-6-11-32-27(36)22(39-28(32)38)14-20-25(29-23-8-3-4-10-31(23)26(20)35)30-15-18-13-19(17-30)21-7-5-9-24(34)33(21)16-18/h3-5,7-10,14,18-19H,2,6,11-13,15-17H2,1H3/b22-14+/t18-,19+/m1/s1. The van der Waals surface area contributed by atoms with Crippen molar-refractivity contribution in [2.75, 3.05) is 37.7 Å². The first-order chi connectivity index (χ1) is 18.9. The van der Waals surface area contributed by atoms with Gasteiger partial charge in [-0.3, -0.25) is 23.7 Å². The average Bonchev–Trinajstić information content (AvgIpc) is 3.20. The van der Waals surface area contributed by atoms with Gasteiger partial charge in [-0.2, -0.15) is 0 Å². The molecule has 3 aliphatic heterocycles. The van der Waals surface area contributed by atoms with Crippen LogP contribution in [0.1, 0.15) is 36.9 Å². The first kappa shape index (κ1) is 26.0. The van der Waals surface area contributed by atoms with E-state index >= 15 is 0 Å². The van der Waals surface area contributed by atoms with Crippen molar-refractivity contribution in [2.24, 2.45) is 5.92 Å². The van der Waals surface area contributed by atoms with Crippen LogP contribution in [0.5, 0.6) is 0 Å². The fraction of sp³-hybridized carbons (Fsp3) is 0.393. The van der Waals surface area contributed by atoms with Gasteiger partial charge in [0.25, 0.3) is 17.0 Å². The van der Waals surface area contributed by atoms with Crippen LogP contribution in [0.2, 0.25) is 0 Å². The van der Waals surface area contributed by atoms with Crippen molar-refractivity contribution in [1.82, 2.24) is 18.9 Å². The SMILES string of the molecule is CCOCCCN1C(=O)/C(=C\c2c(N3C[C@H]4C[C@@H](C3)c3cccc(=O)n3C4)nc3ccccn3c2=O)SC1=S. The number of pyridine rings is 2. The Balaban J connectivity index is 1.38. The van der Waals surface area contributed by atoms with Crippen molar-refractivity contribution in [2.45, 2.75) is 32.2 Å². The lowest BCUT2D eigenvalue weighted by Crippen LogP contribution is -2.48. The highest BCUT2D eigenvalue weighted by molar-refractivity contribution is 8.26. The number of aromatic nitrogens is 3. The summed E-state index contributed by atoms with van der Waals surface area (Å²) in [5, 5.41) is 0. The lowest BCUT2D eigenvalue weighted by molar-refractivity contribution is -0.122. The molecule has 202 valence electrons. The van der Waals surface area contributed by atoms with Gasteiger partial charge in [0.15, 0.2) is 0 Å². The molecule has 1 amide bonds. The van der Waals surface area contributed by atoms with E-state index in [4.69, 9.17) is 21.9 Å². The molecule has 3 aromatic rings. The zero-order valence-corrected chi connectivity index (χ0v) is 23.2. The topological polar surface area (TPSA) is 89.2 Å². The van der Waals surface area contributed by atoms with E-state index in [2.05, 4.69) is 4.90 Å². The Morgan fingerprint density at radius 1 is 1.13 bits per heavy atom. The molecule has 9 nitrogen and oxygen atoms in total. The highest BCUT2D eigenvalue weighted by Gasteiger charge is 2.37. The van der Waals surface area contributed by atoms with Crippen molar-refractivity contribution < 1.29 is 9.53 Å². The number of nitrogens with zero attached hydrogens (tertiary/aromatic N) is 5. The minimum Gasteiger partial charge on any atom is -0.382 e. The lowest BCUT2D eigenvalue weighted by atomic mass is 9.83. The molecule has 2 saturated heterocycles. The van der Waals surface area contributed by atoms with E-state index in [1.807, 2.05) is 35.8 Å². The van der Waals surface area contributed by atoms with E-state index in [-0.39, 0.29) is 28.9 Å². The number of piperidine rings is 1. The van der Waals surface area contributed by atoms with Crippen LogP contribution in [-0.2, 0) is 16.1 Å². The Morgan fingerprint density at radius 2 is 2.00 bits per heavy atom. The number of carbonyl (C=O) groups is 1. The van der Waals surface area contributed by atoms with Gasteiger partial charge in [-0.1, -0.05) is 36.1 Å². The summed E-state index contributed by atoms with van der Waals surface area (Å²) < 4.78 is 9.28. The van der Waals surface area contributed by atoms with Crippen LogP contribution in [0, 0.1) is 5.92 Å². The molecular formula is C28H29N5O4S2. The zero-order valence-electron chi connectivity index (χ0n) is 21.6. The van der Waals surface area contributed by atoms with Gasteiger partial charge in [-0.05, 0) is 50.0 Å². The molecule has 2 bridgehead atoms. The van der Waals surface area contributed by atoms with E-state index in [1.165, 1.54) is 16.2 Å². The number of carbonyl (C=O) groups excluding carboxylic acids is 1. The van der Waals surface area contributed by atoms with Gasteiger partial charge in [0, 0.05) is 63.3 Å². The maximum absolute atomic E-state index is 13.8. The van der Waals surface area contributed by atoms with Crippen LogP contribution in [0.4, 0.5) is 5.82 Å². The second-order valence-electron chi connectivity index (χ2n) is 10.1. The number of hydrogen-bond donors (Lipinski definition) is 0. The van der Waals surface area contributed by atoms with Crippen LogP contribution >= 0.6 is 24.0 Å². The number of fused-ring (bicyclic) bond motifs is 5. The van der Waals surface area contributed by atoms with Gasteiger partial charge in [0.05, 0.1) is 10.5 Å². The molecular weight excluding hydrogens is 534 g/mol. The number of thioether (sulfide) groups is 1. The molecule has 0 aliphatic carbocycles. The summed E-state index contributed by atoms with van der Waals surface area (Å²) in [6.07, 6.45) is 5.02. The molecule has 6 heterocycles. The lowest BCUT2D eigenvalue weighted by Gasteiger charge is -2.43. The number of anilines is 1. The maximum Gasteiger partial charge on any atom is 0.267 e. The van der Waals surface area contributed by atoms with Gasteiger partial charge in [-0.15, -0.1) is 0 Å². The minimum absolute atomic E-state index is 0.0293. The molecule has 3 aliphatic rings. The van der Waals surface area contributed by atoms with Gasteiger partial charge in [0.2, 0.25) is 0 Å². The van der Waals surface area contributed by atoms with Crippen LogP contribution in [-0.4, -0.2) is 61.9 Å². The Bertz CT molecular complexity index is 1610. The van der Waals surface area contributed by atoms with E-state index in [0.717, 1.165) is 12.1 Å². The van der Waals surface area contributed by atoms with E-state index in [0.29, 0.717) is 72.1 Å². The molecule has 2 fully saturated rings. The average molecular weight is 564 g/mol. The summed E-state index contributed by atoms with van der Waals surface area (Å²) in [7, 11) is 0. The molecule has 0 aromatic carbocycles. The van der Waals surface area contributed by atoms with E-state index in [1.54, 1.807) is 29.3 Å². The molecule has 0 unspecified atom stereocenters. The summed E-state index contributed by atoms with van der Waals surface area (Å²) in [5.41, 5.74) is 1.74. The number of hydrogen-bond acceptors (Lipinski definition) is 8. The fourth-order valence-corrected chi connectivity index (χ4v) is 7.11. The Morgan fingerprint density at radius 3 is 2.85 bits per heavy atom. The van der Waals surface area contributed by atoms with Crippen LogP contribution in [0.15, 0.2) is 57.1 Å². The van der Waals surface area contributed by atoms with Gasteiger partial charge < -0.3 is 14.2 Å². The van der Waals surface area contributed by atoms with Gasteiger partial charge >= 0.3 is 0 Å². The van der Waals surface area contributed by atoms with E-state index in [9.17, 15) is 14.4 Å². The first-order valence-corrected chi connectivity index (χ1v) is 14.5. The van der Waals surface area contributed by atoms with Crippen LogP contribution in [0.25, 0.3) is 11.7 Å². The quantitative estimate of drug-likeness (QED) is 0.246. The van der Waals surface area contributed by atoms with Crippen LogP contribution in [0.3, 0.4) is 0 Å². The molecule has 3 aromatic heterocycles. The molecule has 39 heavy (non-hydrogen) atoms. The smallest absolute Gasteiger partial charge is 0.267 e. The van der Waals surface area contributed by atoms with Gasteiger partial charge in [0.1, 0.15) is 15.8 Å². The van der Waals surface area contributed by atoms with E-state index < -0.39 is 0 Å². The molecule has 0 N–H and O–H groups in total. The predicted molar refractivity (Wildman–Crippen MR) is 156 cm³/mol. The molecule has 0 spiro atoms. The summed E-state index contributed by atoms with van der Waals surface area (Å²) >= 11 is 6.72. The normalized spacial score (nSPS) is 21.7. The highest BCUT2D eigenvalue weighted by atomic mass is 32.2. The third kappa shape index (κ3) is 4.83. The van der Waals surface area contributed by atoms with Crippen LogP contribution < -0.4 is 16.0 Å². The summed E-state index contributed by atoms with van der Waals surface area (Å²) in [4.78, 5) is 48.7. The van der Waals surface area contributed by atoms with Crippen molar-refractivity contribution in [3.05, 3.63) is 79.5 Å². The van der Waals surface area contributed by atoms with Gasteiger partial charge in [-0.25, -0.2) is 4.98 Å². The predicted octanol–water partition coefficient (Wildman–Crippen LogP) is 3.11. The first-order valence-electron chi connectivity index (χ1n) is 13.2. The summed E-state index contributed by atoms with van der Waals surface area (Å²) in [5.74, 6) is 0.769.